The lowest BCUT2D eigenvalue weighted by Gasteiger charge is -2.29. The Morgan fingerprint density at radius 2 is 2.22 bits per heavy atom. The van der Waals surface area contributed by atoms with E-state index in [0.29, 0.717) is 30.4 Å². The Balaban J connectivity index is 1.92. The van der Waals surface area contributed by atoms with Gasteiger partial charge in [0.15, 0.2) is 0 Å². The zero-order chi connectivity index (χ0) is 16.2. The van der Waals surface area contributed by atoms with E-state index in [1.54, 1.807) is 19.1 Å². The van der Waals surface area contributed by atoms with E-state index in [1.165, 1.54) is 5.56 Å². The molecule has 0 saturated heterocycles. The molecule has 0 aliphatic carbocycles. The smallest absolute Gasteiger partial charge is 0.277 e. The molecule has 5 heteroatoms. The van der Waals surface area contributed by atoms with Crippen LogP contribution in [0.1, 0.15) is 28.3 Å². The Morgan fingerprint density at radius 3 is 3.04 bits per heavy atom. The van der Waals surface area contributed by atoms with Crippen molar-refractivity contribution in [3.63, 3.8) is 0 Å². The monoisotopic (exact) mass is 308 g/mol. The number of rotatable bonds is 4. The number of carbonyl (C=O) groups excluding carboxylic acids is 1. The highest BCUT2D eigenvalue weighted by Crippen LogP contribution is 2.28. The van der Waals surface area contributed by atoms with Gasteiger partial charge < -0.3 is 10.2 Å². The average molecular weight is 308 g/mol. The number of amides is 1. The molecule has 3 rings (SSSR count). The van der Waals surface area contributed by atoms with Crippen LogP contribution in [0.3, 0.4) is 0 Å². The molecular formula is C18H20N4O. The predicted octanol–water partition coefficient (Wildman–Crippen LogP) is 2.98. The van der Waals surface area contributed by atoms with Crippen molar-refractivity contribution < 1.29 is 4.79 Å². The Morgan fingerprint density at radius 1 is 1.39 bits per heavy atom. The van der Waals surface area contributed by atoms with Crippen LogP contribution in [0.5, 0.6) is 0 Å². The van der Waals surface area contributed by atoms with Crippen molar-refractivity contribution in [2.45, 2.75) is 19.8 Å². The van der Waals surface area contributed by atoms with E-state index < -0.39 is 0 Å². The van der Waals surface area contributed by atoms with Gasteiger partial charge in [0, 0.05) is 24.8 Å². The molecule has 5 nitrogen and oxygen atoms in total. The van der Waals surface area contributed by atoms with Crippen LogP contribution in [0.15, 0.2) is 43.0 Å². The number of hydrogen-bond donors (Lipinski definition) is 1. The van der Waals surface area contributed by atoms with E-state index in [9.17, 15) is 4.79 Å². The first-order chi connectivity index (χ1) is 11.2. The predicted molar refractivity (Wildman–Crippen MR) is 91.9 cm³/mol. The highest BCUT2D eigenvalue weighted by Gasteiger charge is 2.24. The third kappa shape index (κ3) is 3.23. The van der Waals surface area contributed by atoms with Crippen LogP contribution in [0.2, 0.25) is 0 Å². The molecule has 1 aromatic heterocycles. The Hall–Kier alpha value is -2.69. The van der Waals surface area contributed by atoms with Crippen molar-refractivity contribution >= 4 is 17.4 Å². The van der Waals surface area contributed by atoms with Gasteiger partial charge in [0.1, 0.15) is 17.3 Å². The fraction of sp³-hybridized carbons (Fsp3) is 0.278. The van der Waals surface area contributed by atoms with Crippen molar-refractivity contribution in [1.82, 2.24) is 9.97 Å². The van der Waals surface area contributed by atoms with Gasteiger partial charge in [0.25, 0.3) is 5.91 Å². The van der Waals surface area contributed by atoms with Gasteiger partial charge in [-0.3, -0.25) is 4.79 Å². The number of fused-ring (bicyclic) bond motifs is 1. The van der Waals surface area contributed by atoms with Crippen molar-refractivity contribution in [1.29, 1.82) is 0 Å². The number of aromatic nitrogens is 2. The highest BCUT2D eigenvalue weighted by molar-refractivity contribution is 6.05. The number of nitrogens with one attached hydrogen (secondary N) is 1. The molecule has 1 aromatic carbocycles. The first-order valence-corrected chi connectivity index (χ1v) is 7.79. The van der Waals surface area contributed by atoms with Gasteiger partial charge in [-0.15, -0.1) is 6.58 Å². The van der Waals surface area contributed by atoms with Crippen LogP contribution >= 0.6 is 0 Å². The molecule has 1 aliphatic heterocycles. The van der Waals surface area contributed by atoms with E-state index in [1.807, 2.05) is 23.1 Å². The summed E-state index contributed by atoms with van der Waals surface area (Å²) in [7, 11) is 0. The quantitative estimate of drug-likeness (QED) is 0.882. The standard InChI is InChI=1S/C18H20N4O/c1-3-10-19-17-12-15(20-13(2)21-17)18(23)22-11-6-8-14-7-4-5-9-16(14)22/h3-5,7,9,12H,1,6,8,10-11H2,2H3,(H,19,20,21). The number of nitrogens with zero attached hydrogens (tertiary/aromatic N) is 3. The Kier molecular flexibility index (Phi) is 4.37. The summed E-state index contributed by atoms with van der Waals surface area (Å²) >= 11 is 0. The Labute approximate surface area is 136 Å². The minimum Gasteiger partial charge on any atom is -0.366 e. The van der Waals surface area contributed by atoms with Crippen molar-refractivity contribution in [2.75, 3.05) is 23.3 Å². The first-order valence-electron chi connectivity index (χ1n) is 7.79. The summed E-state index contributed by atoms with van der Waals surface area (Å²) in [6, 6.07) is 9.76. The van der Waals surface area contributed by atoms with E-state index in [-0.39, 0.29) is 5.91 Å². The Bertz CT molecular complexity index is 742. The molecule has 0 spiro atoms. The molecule has 0 unspecified atom stereocenters. The van der Waals surface area contributed by atoms with Crippen LogP contribution in [-0.2, 0) is 6.42 Å². The van der Waals surface area contributed by atoms with Crippen molar-refractivity contribution in [3.8, 4) is 0 Å². The largest absolute Gasteiger partial charge is 0.366 e. The summed E-state index contributed by atoms with van der Waals surface area (Å²) in [6.07, 6.45) is 3.73. The van der Waals surface area contributed by atoms with Crippen LogP contribution in [-0.4, -0.2) is 29.0 Å². The summed E-state index contributed by atoms with van der Waals surface area (Å²) in [5.74, 6) is 1.14. The zero-order valence-electron chi connectivity index (χ0n) is 13.2. The summed E-state index contributed by atoms with van der Waals surface area (Å²) in [5, 5.41) is 3.11. The molecule has 0 atom stereocenters. The summed E-state index contributed by atoms with van der Waals surface area (Å²) in [4.78, 5) is 23.4. The van der Waals surface area contributed by atoms with Gasteiger partial charge in [-0.2, -0.15) is 0 Å². The molecule has 0 saturated carbocycles. The molecule has 0 fully saturated rings. The van der Waals surface area contributed by atoms with Crippen LogP contribution in [0.4, 0.5) is 11.5 Å². The van der Waals surface area contributed by atoms with Crippen LogP contribution < -0.4 is 10.2 Å². The van der Waals surface area contributed by atoms with Gasteiger partial charge in [0.05, 0.1) is 0 Å². The summed E-state index contributed by atoms with van der Waals surface area (Å²) in [5.41, 5.74) is 2.62. The van der Waals surface area contributed by atoms with Gasteiger partial charge in [-0.05, 0) is 31.4 Å². The molecule has 1 aliphatic rings. The highest BCUT2D eigenvalue weighted by atomic mass is 16.2. The van der Waals surface area contributed by atoms with E-state index in [0.717, 1.165) is 18.5 Å². The molecule has 23 heavy (non-hydrogen) atoms. The van der Waals surface area contributed by atoms with Crippen LogP contribution in [0.25, 0.3) is 0 Å². The molecule has 0 radical (unpaired) electrons. The summed E-state index contributed by atoms with van der Waals surface area (Å²) < 4.78 is 0. The molecule has 2 aromatic rings. The molecule has 0 bridgehead atoms. The van der Waals surface area contributed by atoms with E-state index in [2.05, 4.69) is 27.9 Å². The minimum atomic E-state index is -0.0793. The molecule has 118 valence electrons. The molecule has 1 N–H and O–H groups in total. The topological polar surface area (TPSA) is 58.1 Å². The number of anilines is 2. The first kappa shape index (κ1) is 15.2. The number of benzene rings is 1. The number of hydrogen-bond acceptors (Lipinski definition) is 4. The lowest BCUT2D eigenvalue weighted by Crippen LogP contribution is -2.36. The van der Waals surface area contributed by atoms with Gasteiger partial charge in [0.2, 0.25) is 0 Å². The number of aryl methyl sites for hydroxylation is 2. The van der Waals surface area contributed by atoms with E-state index >= 15 is 0 Å². The fourth-order valence-corrected chi connectivity index (χ4v) is 2.83. The normalized spacial score (nSPS) is 13.3. The van der Waals surface area contributed by atoms with Crippen LogP contribution in [0, 0.1) is 6.92 Å². The van der Waals surface area contributed by atoms with Crippen molar-refractivity contribution in [3.05, 3.63) is 60.1 Å². The SMILES string of the molecule is C=CCNc1cc(C(=O)N2CCCc3ccccc32)nc(C)n1. The number of para-hydroxylation sites is 1. The number of carbonyl (C=O) groups is 1. The third-order valence-corrected chi connectivity index (χ3v) is 3.84. The van der Waals surface area contributed by atoms with Gasteiger partial charge in [-0.25, -0.2) is 9.97 Å². The fourth-order valence-electron chi connectivity index (χ4n) is 2.83. The zero-order valence-corrected chi connectivity index (χ0v) is 13.2. The maximum atomic E-state index is 12.9. The lowest BCUT2D eigenvalue weighted by atomic mass is 10.0. The maximum Gasteiger partial charge on any atom is 0.277 e. The second kappa shape index (κ2) is 6.60. The average Bonchev–Trinajstić information content (AvgIpc) is 2.58. The maximum absolute atomic E-state index is 12.9. The van der Waals surface area contributed by atoms with Crippen molar-refractivity contribution in [2.24, 2.45) is 0 Å². The lowest BCUT2D eigenvalue weighted by molar-refractivity contribution is 0.0980. The molecule has 1 amide bonds. The molecular weight excluding hydrogens is 288 g/mol. The second-order valence-electron chi connectivity index (χ2n) is 5.54. The van der Waals surface area contributed by atoms with Gasteiger partial charge in [-0.1, -0.05) is 24.3 Å². The summed E-state index contributed by atoms with van der Waals surface area (Å²) in [6.45, 7) is 6.78. The van der Waals surface area contributed by atoms with Gasteiger partial charge >= 0.3 is 0 Å². The molecule has 2 heterocycles. The minimum absolute atomic E-state index is 0.0793. The van der Waals surface area contributed by atoms with E-state index in [4.69, 9.17) is 0 Å². The third-order valence-electron chi connectivity index (χ3n) is 3.84. The second-order valence-corrected chi connectivity index (χ2v) is 5.54.